The number of unbranched alkanes of at least 4 members (excludes halogenated alkanes) is 1. The minimum absolute atomic E-state index is 0.0575. The Kier molecular flexibility index (Phi) is 6.39. The van der Waals surface area contributed by atoms with Crippen LogP contribution in [-0.4, -0.2) is 43.2 Å². The molecule has 0 heterocycles. The second-order valence-corrected chi connectivity index (χ2v) is 4.44. The summed E-state index contributed by atoms with van der Waals surface area (Å²) in [5.74, 6) is -0.0575. The fraction of sp³-hybridized carbons (Fsp3) is 0.500. The number of carbonyl (C=O) groups excluding carboxylic acids is 1. The number of hydrogen-bond acceptors (Lipinski definition) is 3. The molecular formula is C14H22N2O2. The number of amides is 1. The summed E-state index contributed by atoms with van der Waals surface area (Å²) in [5.41, 5.74) is 1.87. The van der Waals surface area contributed by atoms with Gasteiger partial charge in [0.05, 0.1) is 0 Å². The average molecular weight is 250 g/mol. The molecule has 1 aromatic carbocycles. The van der Waals surface area contributed by atoms with Crippen LogP contribution in [0.3, 0.4) is 0 Å². The van der Waals surface area contributed by atoms with Crippen molar-refractivity contribution in [2.45, 2.75) is 19.4 Å². The number of carbonyl (C=O) groups is 1. The van der Waals surface area contributed by atoms with Gasteiger partial charge < -0.3 is 15.3 Å². The zero-order chi connectivity index (χ0) is 13.4. The molecule has 1 aromatic rings. The first-order valence-corrected chi connectivity index (χ1v) is 6.27. The molecule has 1 amide bonds. The van der Waals surface area contributed by atoms with Crippen molar-refractivity contribution in [3.63, 3.8) is 0 Å². The normalized spacial score (nSPS) is 10.7. The Labute approximate surface area is 109 Å². The van der Waals surface area contributed by atoms with Gasteiger partial charge >= 0.3 is 0 Å². The standard InChI is InChI=1S/C14H22N2O2/c1-15-14(18)13-7-5-12(6-8-13)11-16(2)9-3-4-10-17/h5-8,17H,3-4,9-11H2,1-2H3,(H,15,18). The Morgan fingerprint density at radius 3 is 2.50 bits per heavy atom. The molecule has 0 aliphatic rings. The molecule has 0 fully saturated rings. The van der Waals surface area contributed by atoms with E-state index in [1.807, 2.05) is 24.3 Å². The Hall–Kier alpha value is -1.39. The predicted molar refractivity (Wildman–Crippen MR) is 72.5 cm³/mol. The maximum Gasteiger partial charge on any atom is 0.251 e. The number of rotatable bonds is 7. The molecule has 0 aromatic heterocycles. The van der Waals surface area contributed by atoms with Crippen LogP contribution in [0.25, 0.3) is 0 Å². The summed E-state index contributed by atoms with van der Waals surface area (Å²) >= 11 is 0. The van der Waals surface area contributed by atoms with Gasteiger partial charge in [0.25, 0.3) is 5.91 Å². The van der Waals surface area contributed by atoms with E-state index in [0.717, 1.165) is 25.9 Å². The van der Waals surface area contributed by atoms with Gasteiger partial charge in [-0.05, 0) is 44.1 Å². The second-order valence-electron chi connectivity index (χ2n) is 4.44. The molecule has 4 nitrogen and oxygen atoms in total. The summed E-state index contributed by atoms with van der Waals surface area (Å²) in [4.78, 5) is 13.6. The highest BCUT2D eigenvalue weighted by atomic mass is 16.2. The van der Waals surface area contributed by atoms with Crippen LogP contribution in [0, 0.1) is 0 Å². The minimum atomic E-state index is -0.0575. The van der Waals surface area contributed by atoms with Crippen LogP contribution in [0.4, 0.5) is 0 Å². The molecule has 2 N–H and O–H groups in total. The predicted octanol–water partition coefficient (Wildman–Crippen LogP) is 1.25. The molecule has 4 heteroatoms. The summed E-state index contributed by atoms with van der Waals surface area (Å²) in [6, 6.07) is 7.64. The summed E-state index contributed by atoms with van der Waals surface area (Å²) in [5, 5.41) is 11.3. The Bertz CT molecular complexity index is 363. The van der Waals surface area contributed by atoms with Gasteiger partial charge in [0.2, 0.25) is 0 Å². The summed E-state index contributed by atoms with van der Waals surface area (Å²) < 4.78 is 0. The van der Waals surface area contributed by atoms with E-state index in [4.69, 9.17) is 5.11 Å². The van der Waals surface area contributed by atoms with Crippen LogP contribution in [0.1, 0.15) is 28.8 Å². The average Bonchev–Trinajstić information content (AvgIpc) is 2.39. The van der Waals surface area contributed by atoms with Gasteiger partial charge in [0, 0.05) is 25.8 Å². The molecule has 0 bridgehead atoms. The van der Waals surface area contributed by atoms with Crippen molar-refractivity contribution in [3.8, 4) is 0 Å². The molecule has 1 rings (SSSR count). The van der Waals surface area contributed by atoms with Gasteiger partial charge in [-0.25, -0.2) is 0 Å². The highest BCUT2D eigenvalue weighted by Gasteiger charge is 2.04. The van der Waals surface area contributed by atoms with E-state index < -0.39 is 0 Å². The van der Waals surface area contributed by atoms with Crippen LogP contribution in [0.2, 0.25) is 0 Å². The molecular weight excluding hydrogens is 228 g/mol. The second kappa shape index (κ2) is 7.84. The van der Waals surface area contributed by atoms with Crippen LogP contribution in [0.15, 0.2) is 24.3 Å². The summed E-state index contributed by atoms with van der Waals surface area (Å²) in [6.45, 7) is 2.09. The van der Waals surface area contributed by atoms with E-state index in [2.05, 4.69) is 17.3 Å². The fourth-order valence-electron chi connectivity index (χ4n) is 1.79. The Balaban J connectivity index is 2.45. The molecule has 0 radical (unpaired) electrons. The van der Waals surface area contributed by atoms with Crippen molar-refractivity contribution in [3.05, 3.63) is 35.4 Å². The molecule has 18 heavy (non-hydrogen) atoms. The molecule has 0 saturated carbocycles. The smallest absolute Gasteiger partial charge is 0.251 e. The van der Waals surface area contributed by atoms with Crippen LogP contribution in [-0.2, 0) is 6.54 Å². The first-order valence-electron chi connectivity index (χ1n) is 6.27. The molecule has 0 atom stereocenters. The van der Waals surface area contributed by atoms with Gasteiger partial charge in [-0.1, -0.05) is 12.1 Å². The van der Waals surface area contributed by atoms with Crippen molar-refractivity contribution in [1.29, 1.82) is 0 Å². The first-order chi connectivity index (χ1) is 8.67. The van der Waals surface area contributed by atoms with Crippen molar-refractivity contribution in [2.75, 3.05) is 27.2 Å². The van der Waals surface area contributed by atoms with Gasteiger partial charge in [-0.15, -0.1) is 0 Å². The van der Waals surface area contributed by atoms with Crippen molar-refractivity contribution < 1.29 is 9.90 Å². The zero-order valence-corrected chi connectivity index (χ0v) is 11.1. The lowest BCUT2D eigenvalue weighted by Crippen LogP contribution is -2.20. The third-order valence-electron chi connectivity index (χ3n) is 2.84. The molecule has 0 unspecified atom stereocenters. The highest BCUT2D eigenvalue weighted by molar-refractivity contribution is 5.93. The Morgan fingerprint density at radius 2 is 1.94 bits per heavy atom. The van der Waals surface area contributed by atoms with Crippen molar-refractivity contribution >= 4 is 5.91 Å². The maximum absolute atomic E-state index is 11.4. The fourth-order valence-corrected chi connectivity index (χ4v) is 1.79. The molecule has 0 aliphatic carbocycles. The topological polar surface area (TPSA) is 52.6 Å². The lowest BCUT2D eigenvalue weighted by Gasteiger charge is -2.16. The van der Waals surface area contributed by atoms with Gasteiger partial charge in [0.1, 0.15) is 0 Å². The van der Waals surface area contributed by atoms with E-state index in [9.17, 15) is 4.79 Å². The molecule has 0 spiro atoms. The number of nitrogens with one attached hydrogen (secondary N) is 1. The highest BCUT2D eigenvalue weighted by Crippen LogP contribution is 2.07. The van der Waals surface area contributed by atoms with Crippen LogP contribution < -0.4 is 5.32 Å². The quantitative estimate of drug-likeness (QED) is 0.716. The van der Waals surface area contributed by atoms with Gasteiger partial charge in [0.15, 0.2) is 0 Å². The first kappa shape index (κ1) is 14.7. The molecule has 0 aliphatic heterocycles. The van der Waals surface area contributed by atoms with Crippen molar-refractivity contribution in [1.82, 2.24) is 10.2 Å². The van der Waals surface area contributed by atoms with Crippen LogP contribution >= 0.6 is 0 Å². The number of nitrogens with zero attached hydrogens (tertiary/aromatic N) is 1. The van der Waals surface area contributed by atoms with Crippen molar-refractivity contribution in [2.24, 2.45) is 0 Å². The molecule has 0 saturated heterocycles. The monoisotopic (exact) mass is 250 g/mol. The third-order valence-corrected chi connectivity index (χ3v) is 2.84. The zero-order valence-electron chi connectivity index (χ0n) is 11.1. The number of hydrogen-bond donors (Lipinski definition) is 2. The number of aliphatic hydroxyl groups is 1. The van der Waals surface area contributed by atoms with E-state index in [0.29, 0.717) is 5.56 Å². The van der Waals surface area contributed by atoms with E-state index >= 15 is 0 Å². The SMILES string of the molecule is CNC(=O)c1ccc(CN(C)CCCCO)cc1. The molecule has 100 valence electrons. The summed E-state index contributed by atoms with van der Waals surface area (Å²) in [7, 11) is 3.69. The summed E-state index contributed by atoms with van der Waals surface area (Å²) in [6.07, 6.45) is 1.85. The van der Waals surface area contributed by atoms with Crippen LogP contribution in [0.5, 0.6) is 0 Å². The van der Waals surface area contributed by atoms with Gasteiger partial charge in [-0.3, -0.25) is 4.79 Å². The minimum Gasteiger partial charge on any atom is -0.396 e. The largest absolute Gasteiger partial charge is 0.396 e. The lowest BCUT2D eigenvalue weighted by molar-refractivity contribution is 0.0963. The van der Waals surface area contributed by atoms with E-state index in [1.165, 1.54) is 5.56 Å². The van der Waals surface area contributed by atoms with E-state index in [1.54, 1.807) is 7.05 Å². The van der Waals surface area contributed by atoms with Gasteiger partial charge in [-0.2, -0.15) is 0 Å². The van der Waals surface area contributed by atoms with E-state index in [-0.39, 0.29) is 12.5 Å². The maximum atomic E-state index is 11.4. The third kappa shape index (κ3) is 4.85. The Morgan fingerprint density at radius 1 is 1.28 bits per heavy atom. The lowest BCUT2D eigenvalue weighted by atomic mass is 10.1. The number of aliphatic hydroxyl groups excluding tert-OH is 1. The number of benzene rings is 1.